The number of nitrogens with zero attached hydrogens (tertiary/aromatic N) is 1. The molecule has 4 heteroatoms. The zero-order chi connectivity index (χ0) is 19.2. The fourth-order valence-electron chi connectivity index (χ4n) is 3.76. The lowest BCUT2D eigenvalue weighted by Gasteiger charge is -2.29. The number of carbonyl (C=O) groups is 1. The summed E-state index contributed by atoms with van der Waals surface area (Å²) in [6.45, 7) is 6.67. The molecule has 2 atom stereocenters. The maximum atomic E-state index is 13.8. The lowest BCUT2D eigenvalue weighted by atomic mass is 9.99. The van der Waals surface area contributed by atoms with Crippen LogP contribution in [0.2, 0.25) is 0 Å². The first-order valence-electron chi connectivity index (χ1n) is 9.86. The number of hydrogen-bond donors (Lipinski definition) is 1. The predicted molar refractivity (Wildman–Crippen MR) is 107 cm³/mol. The lowest BCUT2D eigenvalue weighted by Crippen LogP contribution is -2.39. The molecule has 3 rings (SSSR count). The van der Waals surface area contributed by atoms with Gasteiger partial charge in [-0.15, -0.1) is 0 Å². The van der Waals surface area contributed by atoms with Gasteiger partial charge in [0.1, 0.15) is 5.82 Å². The van der Waals surface area contributed by atoms with E-state index in [1.54, 1.807) is 12.1 Å². The van der Waals surface area contributed by atoms with Crippen molar-refractivity contribution in [2.24, 2.45) is 5.92 Å². The van der Waals surface area contributed by atoms with Gasteiger partial charge in [-0.3, -0.25) is 9.69 Å². The number of rotatable bonds is 7. The van der Waals surface area contributed by atoms with Gasteiger partial charge in [-0.2, -0.15) is 0 Å². The Balaban J connectivity index is 1.63. The van der Waals surface area contributed by atoms with Crippen LogP contribution >= 0.6 is 0 Å². The molecule has 0 spiro atoms. The molecule has 1 saturated heterocycles. The maximum absolute atomic E-state index is 13.8. The highest BCUT2D eigenvalue weighted by molar-refractivity contribution is 5.78. The molecule has 144 valence electrons. The highest BCUT2D eigenvalue weighted by atomic mass is 19.1. The second-order valence-electron chi connectivity index (χ2n) is 7.61. The van der Waals surface area contributed by atoms with Gasteiger partial charge >= 0.3 is 0 Å². The number of aryl methyl sites for hydroxylation is 1. The number of carbonyl (C=O) groups excluding carboxylic acids is 1. The van der Waals surface area contributed by atoms with E-state index in [4.69, 9.17) is 0 Å². The minimum Gasteiger partial charge on any atom is -0.354 e. The second kappa shape index (κ2) is 9.14. The topological polar surface area (TPSA) is 32.3 Å². The highest BCUT2D eigenvalue weighted by Gasteiger charge is 2.25. The van der Waals surface area contributed by atoms with E-state index < -0.39 is 0 Å². The van der Waals surface area contributed by atoms with Crippen molar-refractivity contribution in [1.29, 1.82) is 0 Å². The molecule has 2 aromatic carbocycles. The van der Waals surface area contributed by atoms with Gasteiger partial charge < -0.3 is 5.32 Å². The number of likely N-dealkylation sites (tertiary alicyclic amines) is 1. The third-order valence-corrected chi connectivity index (χ3v) is 5.44. The standard InChI is InChI=1S/C23H29FN2O/c1-17-9-11-19(12-10-17)22(26-13-5-6-14-26)16-25-23(27)18(2)15-20-7-3-4-8-21(20)24/h3-4,7-12,18,22H,5-6,13-16H2,1-2H3,(H,25,27). The van der Waals surface area contributed by atoms with Gasteiger partial charge in [0, 0.05) is 12.5 Å². The van der Waals surface area contributed by atoms with Crippen molar-refractivity contribution in [1.82, 2.24) is 10.2 Å². The average molecular weight is 368 g/mol. The monoisotopic (exact) mass is 368 g/mol. The second-order valence-corrected chi connectivity index (χ2v) is 7.61. The van der Waals surface area contributed by atoms with Crippen molar-refractivity contribution >= 4 is 5.91 Å². The van der Waals surface area contributed by atoms with E-state index in [1.165, 1.54) is 30.0 Å². The van der Waals surface area contributed by atoms with Crippen LogP contribution in [-0.4, -0.2) is 30.4 Å². The van der Waals surface area contributed by atoms with Gasteiger partial charge in [0.15, 0.2) is 0 Å². The molecular weight excluding hydrogens is 339 g/mol. The molecule has 0 aliphatic carbocycles. The predicted octanol–water partition coefficient (Wildman–Crippen LogP) is 4.27. The van der Waals surface area contributed by atoms with Crippen LogP contribution in [0.15, 0.2) is 48.5 Å². The van der Waals surface area contributed by atoms with Crippen LogP contribution in [0.3, 0.4) is 0 Å². The summed E-state index contributed by atoms with van der Waals surface area (Å²) < 4.78 is 13.8. The Morgan fingerprint density at radius 3 is 2.44 bits per heavy atom. The van der Waals surface area contributed by atoms with Gasteiger partial charge in [0.25, 0.3) is 0 Å². The van der Waals surface area contributed by atoms with Crippen molar-refractivity contribution in [2.45, 2.75) is 39.2 Å². The van der Waals surface area contributed by atoms with E-state index in [2.05, 4.69) is 41.4 Å². The summed E-state index contributed by atoms with van der Waals surface area (Å²) in [4.78, 5) is 15.1. The minimum absolute atomic E-state index is 0.0189. The van der Waals surface area contributed by atoms with Gasteiger partial charge in [0.2, 0.25) is 5.91 Å². The van der Waals surface area contributed by atoms with Crippen LogP contribution in [0.5, 0.6) is 0 Å². The quantitative estimate of drug-likeness (QED) is 0.792. The fraction of sp³-hybridized carbons (Fsp3) is 0.435. The van der Waals surface area contributed by atoms with Crippen molar-refractivity contribution in [3.8, 4) is 0 Å². The Hall–Kier alpha value is -2.20. The molecule has 1 heterocycles. The van der Waals surface area contributed by atoms with E-state index in [9.17, 15) is 9.18 Å². The third kappa shape index (κ3) is 5.16. The SMILES string of the molecule is Cc1ccc(C(CNC(=O)C(C)Cc2ccccc2F)N2CCCC2)cc1. The Labute approximate surface area is 161 Å². The van der Waals surface area contributed by atoms with Gasteiger partial charge in [-0.05, 0) is 56.5 Å². The summed E-state index contributed by atoms with van der Waals surface area (Å²) in [5.41, 5.74) is 3.07. The molecule has 1 fully saturated rings. The summed E-state index contributed by atoms with van der Waals surface area (Å²) in [6.07, 6.45) is 2.83. The van der Waals surface area contributed by atoms with Crippen LogP contribution in [0.1, 0.15) is 42.5 Å². The minimum atomic E-state index is -0.265. The Bertz CT molecular complexity index is 753. The first-order chi connectivity index (χ1) is 13.0. The number of hydrogen-bond acceptors (Lipinski definition) is 2. The van der Waals surface area contributed by atoms with Gasteiger partial charge in [-0.1, -0.05) is 55.0 Å². The number of halogens is 1. The van der Waals surface area contributed by atoms with Crippen molar-refractivity contribution in [3.63, 3.8) is 0 Å². The molecule has 1 amide bonds. The molecule has 1 aliphatic heterocycles. The molecule has 0 aromatic heterocycles. The summed E-state index contributed by atoms with van der Waals surface area (Å²) in [7, 11) is 0. The molecule has 2 aromatic rings. The third-order valence-electron chi connectivity index (χ3n) is 5.44. The smallest absolute Gasteiger partial charge is 0.223 e. The van der Waals surface area contributed by atoms with E-state index in [0.29, 0.717) is 18.5 Å². The number of benzene rings is 2. The Kier molecular flexibility index (Phi) is 6.62. The van der Waals surface area contributed by atoms with Gasteiger partial charge in [0.05, 0.1) is 6.04 Å². The van der Waals surface area contributed by atoms with Crippen molar-refractivity contribution < 1.29 is 9.18 Å². The van der Waals surface area contributed by atoms with E-state index >= 15 is 0 Å². The zero-order valence-electron chi connectivity index (χ0n) is 16.2. The normalized spacial score (nSPS) is 16.9. The molecule has 1 aliphatic rings. The Morgan fingerprint density at radius 2 is 1.78 bits per heavy atom. The van der Waals surface area contributed by atoms with Crippen molar-refractivity contribution in [3.05, 3.63) is 71.0 Å². The van der Waals surface area contributed by atoms with Crippen molar-refractivity contribution in [2.75, 3.05) is 19.6 Å². The number of amides is 1. The molecule has 1 N–H and O–H groups in total. The molecule has 0 bridgehead atoms. The molecule has 3 nitrogen and oxygen atoms in total. The molecule has 2 unspecified atom stereocenters. The summed E-state index contributed by atoms with van der Waals surface area (Å²) in [5, 5.41) is 3.11. The lowest BCUT2D eigenvalue weighted by molar-refractivity contribution is -0.124. The maximum Gasteiger partial charge on any atom is 0.223 e. The van der Waals surface area contributed by atoms with Crippen LogP contribution in [0.25, 0.3) is 0 Å². The highest BCUT2D eigenvalue weighted by Crippen LogP contribution is 2.25. The van der Waals surface area contributed by atoms with Crippen LogP contribution in [0.4, 0.5) is 4.39 Å². The summed E-state index contributed by atoms with van der Waals surface area (Å²) in [6, 6.07) is 15.4. The van der Waals surface area contributed by atoms with Crippen LogP contribution in [0, 0.1) is 18.7 Å². The average Bonchev–Trinajstić information content (AvgIpc) is 3.19. The van der Waals surface area contributed by atoms with Crippen LogP contribution < -0.4 is 5.32 Å². The van der Waals surface area contributed by atoms with E-state index in [-0.39, 0.29) is 23.7 Å². The van der Waals surface area contributed by atoms with E-state index in [1.807, 2.05) is 13.0 Å². The summed E-state index contributed by atoms with van der Waals surface area (Å²) in [5.74, 6) is -0.527. The molecular formula is C23H29FN2O. The summed E-state index contributed by atoms with van der Waals surface area (Å²) >= 11 is 0. The molecule has 0 radical (unpaired) electrons. The number of nitrogens with one attached hydrogen (secondary N) is 1. The molecule has 0 saturated carbocycles. The first kappa shape index (κ1) is 19.6. The first-order valence-corrected chi connectivity index (χ1v) is 9.86. The Morgan fingerprint density at radius 1 is 1.11 bits per heavy atom. The molecule has 27 heavy (non-hydrogen) atoms. The zero-order valence-corrected chi connectivity index (χ0v) is 16.2. The van der Waals surface area contributed by atoms with Crippen LogP contribution in [-0.2, 0) is 11.2 Å². The largest absolute Gasteiger partial charge is 0.354 e. The van der Waals surface area contributed by atoms with E-state index in [0.717, 1.165) is 13.1 Å². The van der Waals surface area contributed by atoms with Gasteiger partial charge in [-0.25, -0.2) is 4.39 Å². The fourth-order valence-corrected chi connectivity index (χ4v) is 3.76.